The summed E-state index contributed by atoms with van der Waals surface area (Å²) in [5.74, 6) is 1.66. The number of nitrogens with one attached hydrogen (secondary N) is 1. The fourth-order valence-corrected chi connectivity index (χ4v) is 3.76. The molecule has 1 N–H and O–H groups in total. The lowest BCUT2D eigenvalue weighted by Gasteiger charge is -2.30. The number of benzene rings is 2. The van der Waals surface area contributed by atoms with Gasteiger partial charge in [-0.15, -0.1) is 0 Å². The van der Waals surface area contributed by atoms with Crippen LogP contribution in [-0.2, 0) is 17.8 Å². The van der Waals surface area contributed by atoms with Crippen molar-refractivity contribution in [3.8, 4) is 5.75 Å². The lowest BCUT2D eigenvalue weighted by Crippen LogP contribution is -2.40. The van der Waals surface area contributed by atoms with Crippen LogP contribution in [0.15, 0.2) is 54.7 Å². The molecule has 0 spiro atoms. The lowest BCUT2D eigenvalue weighted by molar-refractivity contribution is -0.133. The smallest absolute Gasteiger partial charge is 0.227 e. The van der Waals surface area contributed by atoms with Gasteiger partial charge in [0.2, 0.25) is 5.91 Å². The van der Waals surface area contributed by atoms with E-state index in [2.05, 4.69) is 22.9 Å². The molecule has 1 heterocycles. The number of hydrogen-bond donors (Lipinski definition) is 1. The molecular weight excluding hydrogens is 336 g/mol. The van der Waals surface area contributed by atoms with E-state index in [4.69, 9.17) is 4.74 Å². The second kappa shape index (κ2) is 7.47. The SMILES string of the molecule is COc1ccc(CN(C(=O)Cc2c[nH]c3ccccc23)C(C)C2CC2)cc1. The van der Waals surface area contributed by atoms with Gasteiger partial charge in [-0.2, -0.15) is 0 Å². The molecule has 2 aromatic carbocycles. The first-order chi connectivity index (χ1) is 13.2. The monoisotopic (exact) mass is 362 g/mol. The van der Waals surface area contributed by atoms with Crippen LogP contribution in [0.1, 0.15) is 30.9 Å². The van der Waals surface area contributed by atoms with Gasteiger partial charge in [0.25, 0.3) is 0 Å². The zero-order chi connectivity index (χ0) is 18.8. The van der Waals surface area contributed by atoms with Crippen molar-refractivity contribution in [2.24, 2.45) is 5.92 Å². The van der Waals surface area contributed by atoms with E-state index in [9.17, 15) is 4.79 Å². The number of nitrogens with zero attached hydrogens (tertiary/aromatic N) is 1. The van der Waals surface area contributed by atoms with E-state index in [0.717, 1.165) is 27.8 Å². The Bertz CT molecular complexity index is 925. The fraction of sp³-hybridized carbons (Fsp3) is 0.348. The quantitative estimate of drug-likeness (QED) is 0.670. The Morgan fingerprint density at radius 1 is 1.19 bits per heavy atom. The van der Waals surface area contributed by atoms with Gasteiger partial charge in [-0.3, -0.25) is 4.79 Å². The number of ether oxygens (including phenoxy) is 1. The van der Waals surface area contributed by atoms with Gasteiger partial charge in [-0.25, -0.2) is 0 Å². The largest absolute Gasteiger partial charge is 0.497 e. The van der Waals surface area contributed by atoms with Crippen molar-refractivity contribution in [2.75, 3.05) is 7.11 Å². The molecule has 4 nitrogen and oxygen atoms in total. The Morgan fingerprint density at radius 3 is 2.63 bits per heavy atom. The highest BCUT2D eigenvalue weighted by atomic mass is 16.5. The summed E-state index contributed by atoms with van der Waals surface area (Å²) in [5.41, 5.74) is 3.28. The van der Waals surface area contributed by atoms with E-state index in [1.165, 1.54) is 12.8 Å². The van der Waals surface area contributed by atoms with E-state index in [1.807, 2.05) is 48.7 Å². The van der Waals surface area contributed by atoms with E-state index in [0.29, 0.717) is 18.9 Å². The van der Waals surface area contributed by atoms with Gasteiger partial charge in [0.05, 0.1) is 13.5 Å². The van der Waals surface area contributed by atoms with E-state index < -0.39 is 0 Å². The molecule has 1 aromatic heterocycles. The number of fused-ring (bicyclic) bond motifs is 1. The summed E-state index contributed by atoms with van der Waals surface area (Å²) in [6.45, 7) is 2.83. The molecule has 0 bridgehead atoms. The molecule has 140 valence electrons. The summed E-state index contributed by atoms with van der Waals surface area (Å²) in [4.78, 5) is 18.6. The zero-order valence-electron chi connectivity index (χ0n) is 15.9. The van der Waals surface area contributed by atoms with Gasteiger partial charge in [0, 0.05) is 29.7 Å². The summed E-state index contributed by atoms with van der Waals surface area (Å²) in [6, 6.07) is 16.4. The number of rotatable bonds is 7. The Morgan fingerprint density at radius 2 is 1.93 bits per heavy atom. The molecule has 0 saturated heterocycles. The molecule has 1 atom stereocenters. The first-order valence-electron chi connectivity index (χ1n) is 9.63. The Balaban J connectivity index is 1.54. The van der Waals surface area contributed by atoms with E-state index in [1.54, 1.807) is 7.11 Å². The number of aromatic nitrogens is 1. The van der Waals surface area contributed by atoms with Crippen LogP contribution in [0.2, 0.25) is 0 Å². The Hall–Kier alpha value is -2.75. The highest BCUT2D eigenvalue weighted by Gasteiger charge is 2.34. The molecule has 0 radical (unpaired) electrons. The third-order valence-corrected chi connectivity index (χ3v) is 5.64. The molecule has 0 aliphatic heterocycles. The van der Waals surface area contributed by atoms with Crippen LogP contribution in [0.4, 0.5) is 0 Å². The van der Waals surface area contributed by atoms with Gasteiger partial charge in [0.1, 0.15) is 5.75 Å². The lowest BCUT2D eigenvalue weighted by atomic mass is 10.1. The molecule has 3 aromatic rings. The van der Waals surface area contributed by atoms with Gasteiger partial charge in [0.15, 0.2) is 0 Å². The van der Waals surface area contributed by atoms with Gasteiger partial charge >= 0.3 is 0 Å². The van der Waals surface area contributed by atoms with Crippen molar-refractivity contribution in [3.63, 3.8) is 0 Å². The maximum absolute atomic E-state index is 13.2. The number of para-hydroxylation sites is 1. The molecule has 4 heteroatoms. The molecule has 27 heavy (non-hydrogen) atoms. The highest BCUT2D eigenvalue weighted by Crippen LogP contribution is 2.36. The topological polar surface area (TPSA) is 45.3 Å². The molecule has 1 unspecified atom stereocenters. The summed E-state index contributed by atoms with van der Waals surface area (Å²) in [5, 5.41) is 1.13. The average Bonchev–Trinajstić information content (AvgIpc) is 3.48. The summed E-state index contributed by atoms with van der Waals surface area (Å²) in [6.07, 6.45) is 4.84. The van der Waals surface area contributed by atoms with Crippen molar-refractivity contribution in [1.82, 2.24) is 9.88 Å². The third-order valence-electron chi connectivity index (χ3n) is 5.64. The first kappa shape index (κ1) is 17.7. The van der Waals surface area contributed by atoms with Crippen molar-refractivity contribution in [2.45, 2.75) is 38.8 Å². The zero-order valence-corrected chi connectivity index (χ0v) is 15.9. The van der Waals surface area contributed by atoms with Gasteiger partial charge < -0.3 is 14.6 Å². The molecule has 1 saturated carbocycles. The van der Waals surface area contributed by atoms with E-state index in [-0.39, 0.29) is 11.9 Å². The maximum Gasteiger partial charge on any atom is 0.227 e. The maximum atomic E-state index is 13.2. The van der Waals surface area contributed by atoms with Crippen LogP contribution in [0.5, 0.6) is 5.75 Å². The minimum atomic E-state index is 0.190. The molecular formula is C23H26N2O2. The Labute approximate surface area is 160 Å². The summed E-state index contributed by atoms with van der Waals surface area (Å²) < 4.78 is 5.24. The van der Waals surface area contributed by atoms with Crippen LogP contribution >= 0.6 is 0 Å². The molecule has 1 amide bonds. The molecule has 1 aliphatic rings. The fourth-order valence-electron chi connectivity index (χ4n) is 3.76. The number of carbonyl (C=O) groups is 1. The van der Waals surface area contributed by atoms with Crippen molar-refractivity contribution < 1.29 is 9.53 Å². The molecule has 4 rings (SSSR count). The second-order valence-electron chi connectivity index (χ2n) is 7.48. The summed E-state index contributed by atoms with van der Waals surface area (Å²) >= 11 is 0. The molecule has 1 fully saturated rings. The minimum Gasteiger partial charge on any atom is -0.497 e. The number of amides is 1. The van der Waals surface area contributed by atoms with Crippen molar-refractivity contribution in [3.05, 3.63) is 65.9 Å². The molecule has 1 aliphatic carbocycles. The summed E-state index contributed by atoms with van der Waals surface area (Å²) in [7, 11) is 1.67. The predicted octanol–water partition coefficient (Wildman–Crippen LogP) is 4.55. The number of aromatic amines is 1. The van der Waals surface area contributed by atoms with Crippen molar-refractivity contribution in [1.29, 1.82) is 0 Å². The number of H-pyrrole nitrogens is 1. The van der Waals surface area contributed by atoms with Gasteiger partial charge in [-0.05, 0) is 55.0 Å². The van der Waals surface area contributed by atoms with Crippen LogP contribution in [0.25, 0.3) is 10.9 Å². The third kappa shape index (κ3) is 3.85. The van der Waals surface area contributed by atoms with Crippen molar-refractivity contribution >= 4 is 16.8 Å². The van der Waals surface area contributed by atoms with Gasteiger partial charge in [-0.1, -0.05) is 30.3 Å². The Kier molecular flexibility index (Phi) is 4.88. The first-order valence-corrected chi connectivity index (χ1v) is 9.63. The minimum absolute atomic E-state index is 0.190. The standard InChI is InChI=1S/C23H26N2O2/c1-16(18-9-10-18)25(15-17-7-11-20(27-2)12-8-17)23(26)13-19-14-24-22-6-4-3-5-21(19)22/h3-8,11-12,14,16,18,24H,9-10,13,15H2,1-2H3. The van der Waals surface area contributed by atoms with Crippen LogP contribution in [-0.4, -0.2) is 28.9 Å². The van der Waals surface area contributed by atoms with Crippen LogP contribution in [0, 0.1) is 5.92 Å². The predicted molar refractivity (Wildman–Crippen MR) is 108 cm³/mol. The number of methoxy groups -OCH3 is 1. The van der Waals surface area contributed by atoms with Crippen LogP contribution in [0.3, 0.4) is 0 Å². The van der Waals surface area contributed by atoms with E-state index >= 15 is 0 Å². The number of carbonyl (C=O) groups excluding carboxylic acids is 1. The normalized spacial score (nSPS) is 14.9. The average molecular weight is 362 g/mol. The second-order valence-corrected chi connectivity index (χ2v) is 7.48. The van der Waals surface area contributed by atoms with Crippen LogP contribution < -0.4 is 4.74 Å². The highest BCUT2D eigenvalue weighted by molar-refractivity contribution is 5.89. The number of hydrogen-bond acceptors (Lipinski definition) is 2.